The summed E-state index contributed by atoms with van der Waals surface area (Å²) in [4.78, 5) is 14.2. The number of piperidine rings is 1. The zero-order valence-electron chi connectivity index (χ0n) is 12.2. The zero-order chi connectivity index (χ0) is 15.2. The molecule has 21 heavy (non-hydrogen) atoms. The van der Waals surface area contributed by atoms with Crippen LogP contribution in [0.2, 0.25) is 0 Å². The van der Waals surface area contributed by atoms with Gasteiger partial charge in [-0.15, -0.1) is 0 Å². The number of nitrogens with one attached hydrogen (secondary N) is 1. The molecule has 0 radical (unpaired) electrons. The van der Waals surface area contributed by atoms with Crippen molar-refractivity contribution in [1.82, 2.24) is 10.2 Å². The van der Waals surface area contributed by atoms with Gasteiger partial charge in [-0.25, -0.2) is 0 Å². The smallest absolute Gasteiger partial charge is 0.287 e. The monoisotopic (exact) mass is 294 g/mol. The lowest BCUT2D eigenvalue weighted by Gasteiger charge is -2.31. The molecule has 0 saturated carbocycles. The van der Waals surface area contributed by atoms with E-state index in [4.69, 9.17) is 15.4 Å². The number of carbonyl (C=O) groups is 1. The molecule has 2 heterocycles. The molecule has 1 fully saturated rings. The van der Waals surface area contributed by atoms with Crippen molar-refractivity contribution in [3.63, 3.8) is 0 Å². The first kappa shape index (κ1) is 15.4. The Bertz CT molecular complexity index is 504. The van der Waals surface area contributed by atoms with E-state index in [-0.39, 0.29) is 17.8 Å². The molecule has 0 aliphatic carbocycles. The van der Waals surface area contributed by atoms with Crippen LogP contribution in [0.25, 0.3) is 0 Å². The van der Waals surface area contributed by atoms with Crippen molar-refractivity contribution in [3.05, 3.63) is 23.7 Å². The molecule has 1 aromatic rings. The van der Waals surface area contributed by atoms with Gasteiger partial charge in [0.25, 0.3) is 5.91 Å². The number of hydrogen-bond donors (Lipinski definition) is 3. The molecular weight excluding hydrogens is 272 g/mol. The summed E-state index contributed by atoms with van der Waals surface area (Å²) in [6, 6.07) is 3.67. The number of aryl methyl sites for hydroxylation is 1. The predicted octanol–water partition coefficient (Wildman–Crippen LogP) is 0.783. The van der Waals surface area contributed by atoms with E-state index in [1.165, 1.54) is 0 Å². The standard InChI is InChI=1S/C14H22N4O3/c1-2-11-3-4-12(21-11)14(19)16-10-5-7-18(8-6-10)9-13(15)17-20/h3-4,10,20H,2,5-9H2,1H3,(H2,15,17)(H,16,19). The second-order valence-electron chi connectivity index (χ2n) is 5.23. The molecule has 1 aliphatic heterocycles. The number of rotatable bonds is 5. The third-order valence-corrected chi connectivity index (χ3v) is 3.67. The van der Waals surface area contributed by atoms with Crippen LogP contribution in [-0.2, 0) is 6.42 Å². The molecule has 0 unspecified atom stereocenters. The number of hydrogen-bond acceptors (Lipinski definition) is 5. The van der Waals surface area contributed by atoms with Gasteiger partial charge < -0.3 is 20.7 Å². The Morgan fingerprint density at radius 2 is 2.24 bits per heavy atom. The van der Waals surface area contributed by atoms with E-state index in [1.807, 2.05) is 13.0 Å². The summed E-state index contributed by atoms with van der Waals surface area (Å²) in [6.45, 7) is 4.05. The molecule has 7 nitrogen and oxygen atoms in total. The molecule has 1 aliphatic rings. The maximum atomic E-state index is 12.1. The van der Waals surface area contributed by atoms with Crippen molar-refractivity contribution in [2.24, 2.45) is 10.9 Å². The minimum absolute atomic E-state index is 0.135. The second kappa shape index (κ2) is 7.12. The molecule has 4 N–H and O–H groups in total. The number of carbonyl (C=O) groups excluding carboxylic acids is 1. The number of furan rings is 1. The van der Waals surface area contributed by atoms with Crippen LogP contribution in [0.4, 0.5) is 0 Å². The highest BCUT2D eigenvalue weighted by Crippen LogP contribution is 2.13. The molecule has 1 saturated heterocycles. The molecule has 0 bridgehead atoms. The first-order valence-corrected chi connectivity index (χ1v) is 7.20. The molecule has 1 aromatic heterocycles. The summed E-state index contributed by atoms with van der Waals surface area (Å²) >= 11 is 0. The molecule has 2 rings (SSSR count). The average molecular weight is 294 g/mol. The van der Waals surface area contributed by atoms with Crippen molar-refractivity contribution in [2.45, 2.75) is 32.2 Å². The van der Waals surface area contributed by atoms with Gasteiger partial charge in [0.1, 0.15) is 5.76 Å². The van der Waals surface area contributed by atoms with Crippen LogP contribution in [0.5, 0.6) is 0 Å². The lowest BCUT2D eigenvalue weighted by molar-refractivity contribution is 0.0885. The zero-order valence-corrected chi connectivity index (χ0v) is 12.2. The maximum absolute atomic E-state index is 12.1. The van der Waals surface area contributed by atoms with Gasteiger partial charge in [-0.1, -0.05) is 12.1 Å². The van der Waals surface area contributed by atoms with Gasteiger partial charge in [-0.2, -0.15) is 0 Å². The summed E-state index contributed by atoms with van der Waals surface area (Å²) in [7, 11) is 0. The van der Waals surface area contributed by atoms with Gasteiger partial charge in [0.2, 0.25) is 0 Å². The Labute approximate surface area is 123 Å². The third kappa shape index (κ3) is 4.22. The first-order valence-electron chi connectivity index (χ1n) is 7.20. The van der Waals surface area contributed by atoms with Crippen molar-refractivity contribution in [1.29, 1.82) is 0 Å². The highest BCUT2D eigenvalue weighted by molar-refractivity contribution is 5.91. The van der Waals surface area contributed by atoms with Gasteiger partial charge in [0.05, 0.1) is 6.54 Å². The Kier molecular flexibility index (Phi) is 5.21. The van der Waals surface area contributed by atoms with Crippen molar-refractivity contribution < 1.29 is 14.4 Å². The lowest BCUT2D eigenvalue weighted by atomic mass is 10.0. The maximum Gasteiger partial charge on any atom is 0.287 e. The summed E-state index contributed by atoms with van der Waals surface area (Å²) < 4.78 is 5.44. The normalized spacial score (nSPS) is 17.9. The number of oxime groups is 1. The fourth-order valence-corrected chi connectivity index (χ4v) is 2.44. The Morgan fingerprint density at radius 3 is 2.81 bits per heavy atom. The van der Waals surface area contributed by atoms with Crippen LogP contribution >= 0.6 is 0 Å². The van der Waals surface area contributed by atoms with E-state index in [2.05, 4.69) is 15.4 Å². The number of amides is 1. The molecule has 0 atom stereocenters. The van der Waals surface area contributed by atoms with Crippen LogP contribution in [-0.4, -0.2) is 47.5 Å². The number of nitrogens with zero attached hydrogens (tertiary/aromatic N) is 2. The van der Waals surface area contributed by atoms with Crippen molar-refractivity contribution >= 4 is 11.7 Å². The van der Waals surface area contributed by atoms with Crippen LogP contribution < -0.4 is 11.1 Å². The van der Waals surface area contributed by atoms with E-state index in [0.717, 1.165) is 38.1 Å². The highest BCUT2D eigenvalue weighted by atomic mass is 16.4. The summed E-state index contributed by atoms with van der Waals surface area (Å²) in [5.41, 5.74) is 5.49. The van der Waals surface area contributed by atoms with E-state index in [0.29, 0.717) is 12.3 Å². The highest BCUT2D eigenvalue weighted by Gasteiger charge is 2.22. The number of amidine groups is 1. The minimum atomic E-state index is -0.162. The van der Waals surface area contributed by atoms with Crippen LogP contribution in [0.15, 0.2) is 21.7 Å². The fourth-order valence-electron chi connectivity index (χ4n) is 2.44. The van der Waals surface area contributed by atoms with Crippen molar-refractivity contribution in [3.8, 4) is 0 Å². The summed E-state index contributed by atoms with van der Waals surface area (Å²) in [6.07, 6.45) is 2.46. The van der Waals surface area contributed by atoms with E-state index in [1.54, 1.807) is 6.07 Å². The molecule has 0 aromatic carbocycles. The van der Waals surface area contributed by atoms with Crippen molar-refractivity contribution in [2.75, 3.05) is 19.6 Å². The average Bonchev–Trinajstić information content (AvgIpc) is 2.98. The van der Waals surface area contributed by atoms with E-state index in [9.17, 15) is 4.79 Å². The SMILES string of the molecule is CCc1ccc(C(=O)NC2CCN(CC(N)=NO)CC2)o1. The van der Waals surface area contributed by atoms with Crippen LogP contribution in [0, 0.1) is 0 Å². The predicted molar refractivity (Wildman–Crippen MR) is 78.4 cm³/mol. The topological polar surface area (TPSA) is 104 Å². The number of likely N-dealkylation sites (tertiary alicyclic amines) is 1. The lowest BCUT2D eigenvalue weighted by Crippen LogP contribution is -2.46. The Balaban J connectivity index is 1.79. The first-order chi connectivity index (χ1) is 10.1. The Morgan fingerprint density at radius 1 is 1.52 bits per heavy atom. The van der Waals surface area contributed by atoms with E-state index >= 15 is 0 Å². The fraction of sp³-hybridized carbons (Fsp3) is 0.571. The largest absolute Gasteiger partial charge is 0.456 e. The van der Waals surface area contributed by atoms with Gasteiger partial charge >= 0.3 is 0 Å². The second-order valence-corrected chi connectivity index (χ2v) is 5.23. The van der Waals surface area contributed by atoms with Gasteiger partial charge in [0, 0.05) is 25.6 Å². The molecule has 116 valence electrons. The summed E-state index contributed by atoms with van der Waals surface area (Å²) in [5, 5.41) is 14.5. The minimum Gasteiger partial charge on any atom is -0.456 e. The van der Waals surface area contributed by atoms with Crippen LogP contribution in [0.3, 0.4) is 0 Å². The molecule has 0 spiro atoms. The Hall–Kier alpha value is -2.02. The quantitative estimate of drug-likeness (QED) is 0.322. The third-order valence-electron chi connectivity index (χ3n) is 3.67. The number of nitrogens with two attached hydrogens (primary N) is 1. The molecular formula is C14H22N4O3. The summed E-state index contributed by atoms with van der Waals surface area (Å²) in [5.74, 6) is 1.23. The molecule has 1 amide bonds. The van der Waals surface area contributed by atoms with Crippen LogP contribution in [0.1, 0.15) is 36.1 Å². The van der Waals surface area contributed by atoms with Gasteiger partial charge in [-0.05, 0) is 25.0 Å². The molecule has 7 heteroatoms. The van der Waals surface area contributed by atoms with E-state index < -0.39 is 0 Å². The van der Waals surface area contributed by atoms with Gasteiger partial charge in [-0.3, -0.25) is 9.69 Å². The van der Waals surface area contributed by atoms with Gasteiger partial charge in [0.15, 0.2) is 11.6 Å².